The van der Waals surface area contributed by atoms with Crippen molar-refractivity contribution in [1.29, 1.82) is 0 Å². The molecule has 2 N–H and O–H groups in total. The van der Waals surface area contributed by atoms with Crippen LogP contribution >= 0.6 is 0 Å². The van der Waals surface area contributed by atoms with Gasteiger partial charge in [-0.25, -0.2) is 13.1 Å². The summed E-state index contributed by atoms with van der Waals surface area (Å²) >= 11 is 0. The van der Waals surface area contributed by atoms with Crippen molar-refractivity contribution in [2.24, 2.45) is 0 Å². The molecule has 8 heteroatoms. The van der Waals surface area contributed by atoms with Crippen molar-refractivity contribution in [3.05, 3.63) is 48.3 Å². The molecule has 0 atom stereocenters. The number of benzene rings is 1. The topological polar surface area (TPSA) is 93.1 Å². The van der Waals surface area contributed by atoms with Gasteiger partial charge in [-0.05, 0) is 18.4 Å². The molecule has 1 aromatic carbocycles. The molecule has 0 spiro atoms. The fourth-order valence-corrected chi connectivity index (χ4v) is 4.04. The van der Waals surface area contributed by atoms with Crippen molar-refractivity contribution in [2.45, 2.75) is 49.6 Å². The van der Waals surface area contributed by atoms with Gasteiger partial charge in [0.25, 0.3) is 0 Å². The fourth-order valence-electron chi connectivity index (χ4n) is 3.11. The Morgan fingerprint density at radius 3 is 2.62 bits per heavy atom. The quantitative estimate of drug-likeness (QED) is 0.769. The largest absolute Gasteiger partial charge is 0.352 e. The van der Waals surface area contributed by atoms with Crippen LogP contribution in [-0.4, -0.2) is 36.7 Å². The van der Waals surface area contributed by atoms with Crippen LogP contribution in [0.2, 0.25) is 0 Å². The molecule has 140 valence electrons. The lowest BCUT2D eigenvalue weighted by Gasteiger charge is -2.22. The van der Waals surface area contributed by atoms with Crippen LogP contribution in [0.5, 0.6) is 0 Å². The van der Waals surface area contributed by atoms with E-state index in [9.17, 15) is 13.2 Å². The number of nitrogens with one attached hydrogen (secondary N) is 2. The minimum Gasteiger partial charge on any atom is -0.352 e. The third-order valence-corrected chi connectivity index (χ3v) is 5.86. The second-order valence-electron chi connectivity index (χ2n) is 6.59. The molecule has 0 radical (unpaired) electrons. The Hall–Kier alpha value is -2.19. The number of nitrogens with zero attached hydrogens (tertiary/aromatic N) is 2. The Labute approximate surface area is 153 Å². The Morgan fingerprint density at radius 1 is 1.15 bits per heavy atom. The van der Waals surface area contributed by atoms with Crippen LogP contribution in [0.3, 0.4) is 0 Å². The van der Waals surface area contributed by atoms with Crippen molar-refractivity contribution >= 4 is 15.9 Å². The molecule has 3 rings (SSSR count). The fraction of sp³-hybridized carbons (Fsp3) is 0.444. The number of rotatable bonds is 7. The average molecular weight is 376 g/mol. The van der Waals surface area contributed by atoms with Crippen LogP contribution in [-0.2, 0) is 21.4 Å². The average Bonchev–Trinajstić information content (AvgIpc) is 3.11. The Morgan fingerprint density at radius 2 is 1.88 bits per heavy atom. The first-order valence-electron chi connectivity index (χ1n) is 8.88. The zero-order valence-electron chi connectivity index (χ0n) is 14.6. The zero-order chi connectivity index (χ0) is 18.4. The monoisotopic (exact) mass is 376 g/mol. The van der Waals surface area contributed by atoms with E-state index in [1.807, 2.05) is 30.3 Å². The van der Waals surface area contributed by atoms with Crippen LogP contribution in [0.1, 0.15) is 37.7 Å². The molecule has 1 saturated carbocycles. The number of amides is 1. The van der Waals surface area contributed by atoms with Crippen molar-refractivity contribution < 1.29 is 13.2 Å². The van der Waals surface area contributed by atoms with E-state index in [0.717, 1.165) is 31.2 Å². The SMILES string of the molecule is O=C(CNS(=O)(=O)c1cnn(Cc2ccccc2)c1)NC1CCCCC1. The third kappa shape index (κ3) is 5.15. The van der Waals surface area contributed by atoms with E-state index in [2.05, 4.69) is 15.1 Å². The van der Waals surface area contributed by atoms with Crippen molar-refractivity contribution in [1.82, 2.24) is 19.8 Å². The molecular weight excluding hydrogens is 352 g/mol. The maximum atomic E-state index is 12.4. The first kappa shape index (κ1) is 18.6. The Kier molecular flexibility index (Phi) is 6.05. The lowest BCUT2D eigenvalue weighted by Crippen LogP contribution is -2.42. The lowest BCUT2D eigenvalue weighted by molar-refractivity contribution is -0.120. The summed E-state index contributed by atoms with van der Waals surface area (Å²) in [6, 6.07) is 9.82. The van der Waals surface area contributed by atoms with E-state index >= 15 is 0 Å². The van der Waals surface area contributed by atoms with Crippen LogP contribution in [0, 0.1) is 0 Å². The van der Waals surface area contributed by atoms with Gasteiger partial charge in [0.2, 0.25) is 15.9 Å². The molecule has 1 fully saturated rings. The maximum Gasteiger partial charge on any atom is 0.244 e. The van der Waals surface area contributed by atoms with E-state index in [4.69, 9.17) is 0 Å². The maximum absolute atomic E-state index is 12.4. The number of carbonyl (C=O) groups excluding carboxylic acids is 1. The predicted octanol–water partition coefficient (Wildman–Crippen LogP) is 1.66. The Bertz CT molecular complexity index is 827. The first-order valence-corrected chi connectivity index (χ1v) is 10.4. The summed E-state index contributed by atoms with van der Waals surface area (Å²) in [5, 5.41) is 6.99. The van der Waals surface area contributed by atoms with E-state index < -0.39 is 10.0 Å². The standard InChI is InChI=1S/C18H24N4O3S/c23-18(21-16-9-5-2-6-10-16)12-20-26(24,25)17-11-19-22(14-17)13-15-7-3-1-4-8-15/h1,3-4,7-8,11,14,16,20H,2,5-6,9-10,12-13H2,(H,21,23). The molecule has 0 aliphatic heterocycles. The van der Waals surface area contributed by atoms with Gasteiger partial charge < -0.3 is 5.32 Å². The minimum atomic E-state index is -3.76. The van der Waals surface area contributed by atoms with Crippen molar-refractivity contribution in [3.8, 4) is 0 Å². The summed E-state index contributed by atoms with van der Waals surface area (Å²) in [5.74, 6) is -0.294. The van der Waals surface area contributed by atoms with E-state index in [1.54, 1.807) is 4.68 Å². The minimum absolute atomic E-state index is 0.0545. The Balaban J connectivity index is 1.53. The zero-order valence-corrected chi connectivity index (χ0v) is 15.4. The summed E-state index contributed by atoms with van der Waals surface area (Å²) in [6.07, 6.45) is 8.11. The first-order chi connectivity index (χ1) is 12.5. The summed E-state index contributed by atoms with van der Waals surface area (Å²) < 4.78 is 28.6. The van der Waals surface area contributed by atoms with E-state index in [1.165, 1.54) is 18.8 Å². The normalized spacial score (nSPS) is 15.7. The second-order valence-corrected chi connectivity index (χ2v) is 8.35. The molecule has 0 unspecified atom stereocenters. The highest BCUT2D eigenvalue weighted by atomic mass is 32.2. The van der Waals surface area contributed by atoms with Gasteiger partial charge in [-0.3, -0.25) is 9.48 Å². The summed E-state index contributed by atoms with van der Waals surface area (Å²) in [4.78, 5) is 12.0. The van der Waals surface area contributed by atoms with Crippen molar-refractivity contribution in [3.63, 3.8) is 0 Å². The highest BCUT2D eigenvalue weighted by Gasteiger charge is 2.20. The van der Waals surface area contributed by atoms with Gasteiger partial charge in [0.05, 0.1) is 19.3 Å². The third-order valence-electron chi connectivity index (χ3n) is 4.50. The summed E-state index contributed by atoms with van der Waals surface area (Å²) in [5.41, 5.74) is 1.03. The van der Waals surface area contributed by atoms with Crippen LogP contribution in [0.25, 0.3) is 0 Å². The molecule has 26 heavy (non-hydrogen) atoms. The molecule has 1 aliphatic rings. The van der Waals surface area contributed by atoms with Gasteiger partial charge in [-0.15, -0.1) is 0 Å². The molecule has 7 nitrogen and oxygen atoms in total. The van der Waals surface area contributed by atoms with E-state index in [-0.39, 0.29) is 23.4 Å². The van der Waals surface area contributed by atoms with E-state index in [0.29, 0.717) is 6.54 Å². The molecular formula is C18H24N4O3S. The molecule has 2 aromatic rings. The van der Waals surface area contributed by atoms with Crippen LogP contribution in [0.15, 0.2) is 47.6 Å². The molecule has 1 aromatic heterocycles. The van der Waals surface area contributed by atoms with Gasteiger partial charge in [0.15, 0.2) is 0 Å². The van der Waals surface area contributed by atoms with Gasteiger partial charge in [0.1, 0.15) is 4.90 Å². The number of sulfonamides is 1. The van der Waals surface area contributed by atoms with Gasteiger partial charge in [0, 0.05) is 12.2 Å². The van der Waals surface area contributed by atoms with Crippen molar-refractivity contribution in [2.75, 3.05) is 6.54 Å². The highest BCUT2D eigenvalue weighted by molar-refractivity contribution is 7.89. The second kappa shape index (κ2) is 8.46. The van der Waals surface area contributed by atoms with Gasteiger partial charge >= 0.3 is 0 Å². The summed E-state index contributed by atoms with van der Waals surface area (Å²) in [6.45, 7) is 0.223. The number of hydrogen-bond donors (Lipinski definition) is 2. The molecule has 0 saturated heterocycles. The lowest BCUT2D eigenvalue weighted by atomic mass is 9.95. The molecule has 1 aliphatic carbocycles. The molecule has 1 amide bonds. The highest BCUT2D eigenvalue weighted by Crippen LogP contribution is 2.17. The number of aromatic nitrogens is 2. The van der Waals surface area contributed by atoms with Gasteiger partial charge in [-0.2, -0.15) is 5.10 Å². The van der Waals surface area contributed by atoms with Crippen LogP contribution < -0.4 is 10.0 Å². The van der Waals surface area contributed by atoms with Crippen LogP contribution in [0.4, 0.5) is 0 Å². The predicted molar refractivity (Wildman–Crippen MR) is 98.0 cm³/mol. The molecule has 1 heterocycles. The number of hydrogen-bond acceptors (Lipinski definition) is 4. The smallest absolute Gasteiger partial charge is 0.244 e. The molecule has 0 bridgehead atoms. The summed E-state index contributed by atoms with van der Waals surface area (Å²) in [7, 11) is -3.76. The number of carbonyl (C=O) groups is 1. The van der Waals surface area contributed by atoms with Gasteiger partial charge in [-0.1, -0.05) is 49.6 Å².